The van der Waals surface area contributed by atoms with Gasteiger partial charge < -0.3 is 9.26 Å². The molecule has 9 heteroatoms. The third kappa shape index (κ3) is 4.59. The number of esters is 1. The Labute approximate surface area is 166 Å². The van der Waals surface area contributed by atoms with Crippen LogP contribution in [0.25, 0.3) is 5.69 Å². The number of aromatic nitrogens is 5. The predicted octanol–water partition coefficient (Wildman–Crippen LogP) is 3.32. The lowest BCUT2D eigenvalue weighted by molar-refractivity contribution is -0.140. The number of thioether (sulfide) groups is 1. The number of methoxy groups -OCH3 is 1. The van der Waals surface area contributed by atoms with Crippen LogP contribution in [-0.2, 0) is 21.7 Å². The van der Waals surface area contributed by atoms with Gasteiger partial charge in [-0.15, -0.1) is 5.10 Å². The van der Waals surface area contributed by atoms with Crippen molar-refractivity contribution >= 4 is 17.7 Å². The molecule has 3 aromatic rings. The predicted molar refractivity (Wildman–Crippen MR) is 102 cm³/mol. The second-order valence-corrected chi connectivity index (χ2v) is 7.54. The van der Waals surface area contributed by atoms with E-state index in [4.69, 9.17) is 9.51 Å². The van der Waals surface area contributed by atoms with Gasteiger partial charge in [-0.05, 0) is 31.4 Å². The molecule has 0 bridgehead atoms. The first-order valence-electron chi connectivity index (χ1n) is 9.26. The molecule has 1 fully saturated rings. The standard InChI is InChI=1S/C19H21N5O3S/c1-26-17(25)9-5-8-16-20-15(23-27-16)12-28-19-21-18(13-10-11-13)24(22-19)14-6-3-2-4-7-14/h2-4,6-7,13H,5,8-12H2,1H3. The normalized spacial score (nSPS) is 13.6. The zero-order chi connectivity index (χ0) is 19.3. The molecule has 1 saturated carbocycles. The molecule has 0 atom stereocenters. The van der Waals surface area contributed by atoms with Gasteiger partial charge in [0.15, 0.2) is 5.82 Å². The molecule has 2 heterocycles. The molecular formula is C19H21N5O3S. The molecule has 0 spiro atoms. The van der Waals surface area contributed by atoms with E-state index in [1.54, 1.807) is 0 Å². The number of ether oxygens (including phenoxy) is 1. The van der Waals surface area contributed by atoms with E-state index in [2.05, 4.69) is 20.0 Å². The maximum Gasteiger partial charge on any atom is 0.305 e. The molecule has 0 saturated heterocycles. The average molecular weight is 399 g/mol. The number of carbonyl (C=O) groups excluding carboxylic acids is 1. The largest absolute Gasteiger partial charge is 0.469 e. The molecule has 1 aliphatic carbocycles. The number of hydrogen-bond donors (Lipinski definition) is 0. The van der Waals surface area contributed by atoms with Crippen LogP contribution in [0.1, 0.15) is 49.1 Å². The summed E-state index contributed by atoms with van der Waals surface area (Å²) in [6.45, 7) is 0. The first kappa shape index (κ1) is 18.7. The molecule has 0 radical (unpaired) electrons. The number of rotatable bonds is 9. The minimum atomic E-state index is -0.234. The fourth-order valence-corrected chi connectivity index (χ4v) is 3.47. The van der Waals surface area contributed by atoms with Gasteiger partial charge in [0.2, 0.25) is 11.0 Å². The Balaban J connectivity index is 1.37. The molecule has 1 aromatic carbocycles. The van der Waals surface area contributed by atoms with Crippen LogP contribution in [-0.4, -0.2) is 38.0 Å². The van der Waals surface area contributed by atoms with Crippen molar-refractivity contribution in [2.75, 3.05) is 7.11 Å². The lowest BCUT2D eigenvalue weighted by atomic mass is 10.2. The highest BCUT2D eigenvalue weighted by atomic mass is 32.2. The summed E-state index contributed by atoms with van der Waals surface area (Å²) < 4.78 is 11.8. The maximum atomic E-state index is 11.1. The Bertz CT molecular complexity index is 936. The number of benzene rings is 1. The zero-order valence-electron chi connectivity index (χ0n) is 15.6. The van der Waals surface area contributed by atoms with Gasteiger partial charge in [-0.3, -0.25) is 4.79 Å². The summed E-state index contributed by atoms with van der Waals surface area (Å²) in [6, 6.07) is 10.1. The summed E-state index contributed by atoms with van der Waals surface area (Å²) in [7, 11) is 1.38. The van der Waals surface area contributed by atoms with Gasteiger partial charge in [-0.1, -0.05) is 35.1 Å². The van der Waals surface area contributed by atoms with Gasteiger partial charge in [0.05, 0.1) is 18.6 Å². The second kappa shape index (κ2) is 8.55. The molecule has 8 nitrogen and oxygen atoms in total. The molecule has 0 amide bonds. The van der Waals surface area contributed by atoms with Gasteiger partial charge in [0, 0.05) is 18.8 Å². The number of hydrogen-bond acceptors (Lipinski definition) is 8. The van der Waals surface area contributed by atoms with Crippen LogP contribution in [0.15, 0.2) is 40.0 Å². The molecular weight excluding hydrogens is 378 g/mol. The van der Waals surface area contributed by atoms with Crippen LogP contribution in [0.3, 0.4) is 0 Å². The first-order valence-corrected chi connectivity index (χ1v) is 10.2. The van der Waals surface area contributed by atoms with Crippen molar-refractivity contribution in [3.63, 3.8) is 0 Å². The lowest BCUT2D eigenvalue weighted by Crippen LogP contribution is -2.01. The van der Waals surface area contributed by atoms with E-state index in [0.29, 0.717) is 47.8 Å². The van der Waals surface area contributed by atoms with Gasteiger partial charge in [-0.25, -0.2) is 9.67 Å². The van der Waals surface area contributed by atoms with E-state index in [9.17, 15) is 4.79 Å². The highest BCUT2D eigenvalue weighted by Gasteiger charge is 2.30. The van der Waals surface area contributed by atoms with Crippen molar-refractivity contribution in [1.29, 1.82) is 0 Å². The Morgan fingerprint density at radius 3 is 2.86 bits per heavy atom. The van der Waals surface area contributed by atoms with Crippen molar-refractivity contribution in [3.8, 4) is 5.69 Å². The van der Waals surface area contributed by atoms with Crippen LogP contribution in [0.5, 0.6) is 0 Å². The highest BCUT2D eigenvalue weighted by Crippen LogP contribution is 2.40. The van der Waals surface area contributed by atoms with Gasteiger partial charge in [0.1, 0.15) is 5.82 Å². The Morgan fingerprint density at radius 1 is 1.29 bits per heavy atom. The number of nitrogens with zero attached hydrogens (tertiary/aromatic N) is 5. The molecule has 2 aromatic heterocycles. The Hall–Kier alpha value is -2.68. The second-order valence-electron chi connectivity index (χ2n) is 6.60. The van der Waals surface area contributed by atoms with Crippen molar-refractivity contribution in [1.82, 2.24) is 24.9 Å². The number of para-hydroxylation sites is 1. The SMILES string of the molecule is COC(=O)CCCc1nc(CSc2nc(C3CC3)n(-c3ccccc3)n2)no1. The lowest BCUT2D eigenvalue weighted by Gasteiger charge is -2.03. The summed E-state index contributed by atoms with van der Waals surface area (Å²) in [5.74, 6) is 2.94. The van der Waals surface area contributed by atoms with Gasteiger partial charge >= 0.3 is 5.97 Å². The monoisotopic (exact) mass is 399 g/mol. The van der Waals surface area contributed by atoms with Crippen molar-refractivity contribution in [3.05, 3.63) is 47.9 Å². The molecule has 28 heavy (non-hydrogen) atoms. The molecule has 0 N–H and O–H groups in total. The van der Waals surface area contributed by atoms with Crippen molar-refractivity contribution in [2.45, 2.75) is 48.9 Å². The average Bonchev–Trinajstić information content (AvgIpc) is 3.32. The topological polar surface area (TPSA) is 95.9 Å². The summed E-state index contributed by atoms with van der Waals surface area (Å²) in [4.78, 5) is 20.2. The summed E-state index contributed by atoms with van der Waals surface area (Å²) in [5.41, 5.74) is 1.02. The van der Waals surface area contributed by atoms with E-state index >= 15 is 0 Å². The summed E-state index contributed by atoms with van der Waals surface area (Å²) >= 11 is 1.49. The fourth-order valence-electron chi connectivity index (χ4n) is 2.80. The third-order valence-corrected chi connectivity index (χ3v) is 5.23. The van der Waals surface area contributed by atoms with E-state index in [-0.39, 0.29) is 5.97 Å². The minimum Gasteiger partial charge on any atom is -0.469 e. The zero-order valence-corrected chi connectivity index (χ0v) is 16.4. The van der Waals surface area contributed by atoms with E-state index in [1.165, 1.54) is 18.9 Å². The van der Waals surface area contributed by atoms with Crippen molar-refractivity contribution in [2.24, 2.45) is 0 Å². The molecule has 4 rings (SSSR count). The van der Waals surface area contributed by atoms with Crippen LogP contribution < -0.4 is 0 Å². The summed E-state index contributed by atoms with van der Waals surface area (Å²) in [5, 5.41) is 9.38. The third-order valence-electron chi connectivity index (χ3n) is 4.40. The fraction of sp³-hybridized carbons (Fsp3) is 0.421. The van der Waals surface area contributed by atoms with Crippen LogP contribution >= 0.6 is 11.8 Å². The molecule has 146 valence electrons. The number of aryl methyl sites for hydroxylation is 1. The van der Waals surface area contributed by atoms with E-state index < -0.39 is 0 Å². The maximum absolute atomic E-state index is 11.1. The first-order chi connectivity index (χ1) is 13.7. The minimum absolute atomic E-state index is 0.234. The van der Waals surface area contributed by atoms with Crippen LogP contribution in [0, 0.1) is 0 Å². The van der Waals surface area contributed by atoms with Crippen LogP contribution in [0.4, 0.5) is 0 Å². The molecule has 0 aliphatic heterocycles. The Kier molecular flexibility index (Phi) is 5.70. The van der Waals surface area contributed by atoms with E-state index in [1.807, 2.05) is 35.0 Å². The van der Waals surface area contributed by atoms with E-state index in [0.717, 1.165) is 24.4 Å². The van der Waals surface area contributed by atoms with Crippen molar-refractivity contribution < 1.29 is 14.1 Å². The Morgan fingerprint density at radius 2 is 2.11 bits per heavy atom. The quantitative estimate of drug-likeness (QED) is 0.399. The van der Waals surface area contributed by atoms with Gasteiger partial charge in [0.25, 0.3) is 0 Å². The van der Waals surface area contributed by atoms with Gasteiger partial charge in [-0.2, -0.15) is 4.98 Å². The number of carbonyl (C=O) groups is 1. The smallest absolute Gasteiger partial charge is 0.305 e. The van der Waals surface area contributed by atoms with Crippen LogP contribution in [0.2, 0.25) is 0 Å². The molecule has 0 unspecified atom stereocenters. The highest BCUT2D eigenvalue weighted by molar-refractivity contribution is 7.98. The summed E-state index contributed by atoms with van der Waals surface area (Å²) in [6.07, 6.45) is 3.84. The molecule has 1 aliphatic rings.